The van der Waals surface area contributed by atoms with E-state index < -0.39 is 0 Å². The molecule has 0 aromatic rings. The van der Waals surface area contributed by atoms with Gasteiger partial charge in [0.15, 0.2) is 0 Å². The van der Waals surface area contributed by atoms with Gasteiger partial charge in [0.1, 0.15) is 0 Å². The second-order valence-electron chi connectivity index (χ2n) is 5.19. The molecule has 2 heterocycles. The van der Waals surface area contributed by atoms with Crippen molar-refractivity contribution in [3.8, 4) is 0 Å². The van der Waals surface area contributed by atoms with Gasteiger partial charge in [-0.1, -0.05) is 6.92 Å². The monoisotopic (exact) mass is 196 g/mol. The Morgan fingerprint density at radius 3 is 2.36 bits per heavy atom. The van der Waals surface area contributed by atoms with Crippen molar-refractivity contribution in [1.82, 2.24) is 10.2 Å². The molecule has 0 aromatic carbocycles. The van der Waals surface area contributed by atoms with E-state index in [2.05, 4.69) is 31.1 Å². The van der Waals surface area contributed by atoms with Crippen LogP contribution in [0.2, 0.25) is 0 Å². The quantitative estimate of drug-likeness (QED) is 0.742. The first-order chi connectivity index (χ1) is 6.70. The largest absolute Gasteiger partial charge is 0.311 e. The minimum atomic E-state index is 0.697. The van der Waals surface area contributed by atoms with Crippen molar-refractivity contribution in [2.75, 3.05) is 7.05 Å². The number of rotatable bonds is 3. The Kier molecular flexibility index (Phi) is 3.13. The summed E-state index contributed by atoms with van der Waals surface area (Å²) in [6.45, 7) is 4.57. The highest BCUT2D eigenvalue weighted by Gasteiger charge is 2.38. The number of nitrogens with one attached hydrogen (secondary N) is 1. The predicted molar refractivity (Wildman–Crippen MR) is 60.5 cm³/mol. The molecule has 2 aliphatic rings. The highest BCUT2D eigenvalue weighted by molar-refractivity contribution is 4.96. The van der Waals surface area contributed by atoms with Crippen LogP contribution in [0.1, 0.15) is 46.0 Å². The summed E-state index contributed by atoms with van der Waals surface area (Å²) in [5.41, 5.74) is 0. The topological polar surface area (TPSA) is 15.3 Å². The summed E-state index contributed by atoms with van der Waals surface area (Å²) < 4.78 is 0. The zero-order valence-electron chi connectivity index (χ0n) is 9.79. The van der Waals surface area contributed by atoms with Gasteiger partial charge in [-0.15, -0.1) is 0 Å². The van der Waals surface area contributed by atoms with E-state index in [1.54, 1.807) is 0 Å². The Balaban J connectivity index is 1.87. The second-order valence-corrected chi connectivity index (χ2v) is 5.19. The molecule has 1 N–H and O–H groups in total. The van der Waals surface area contributed by atoms with Gasteiger partial charge in [-0.3, -0.25) is 0 Å². The van der Waals surface area contributed by atoms with E-state index in [-0.39, 0.29) is 0 Å². The number of piperidine rings is 1. The summed E-state index contributed by atoms with van der Waals surface area (Å²) in [6.07, 6.45) is 6.86. The lowest BCUT2D eigenvalue weighted by Gasteiger charge is -2.37. The summed E-state index contributed by atoms with van der Waals surface area (Å²) in [5.74, 6) is 0. The predicted octanol–water partition coefficient (Wildman–Crippen LogP) is 2.00. The number of nitrogens with zero attached hydrogens (tertiary/aromatic N) is 1. The van der Waals surface area contributed by atoms with Crippen molar-refractivity contribution in [2.45, 2.75) is 70.1 Å². The molecule has 2 aliphatic heterocycles. The fraction of sp³-hybridized carbons (Fsp3) is 1.00. The maximum atomic E-state index is 3.76. The van der Waals surface area contributed by atoms with Crippen molar-refractivity contribution in [2.24, 2.45) is 0 Å². The molecule has 0 aliphatic carbocycles. The van der Waals surface area contributed by atoms with Crippen LogP contribution in [-0.2, 0) is 0 Å². The van der Waals surface area contributed by atoms with Crippen LogP contribution in [0.4, 0.5) is 0 Å². The Hall–Kier alpha value is -0.0800. The summed E-state index contributed by atoms with van der Waals surface area (Å²) in [7, 11) is 2.31. The summed E-state index contributed by atoms with van der Waals surface area (Å²) in [4.78, 5) is 2.61. The number of fused-ring (bicyclic) bond motifs is 2. The van der Waals surface area contributed by atoms with Crippen LogP contribution in [0.15, 0.2) is 0 Å². The Labute approximate surface area is 88.1 Å². The van der Waals surface area contributed by atoms with Crippen molar-refractivity contribution in [3.05, 3.63) is 0 Å². The number of hydrogen-bond donors (Lipinski definition) is 1. The minimum absolute atomic E-state index is 0.697. The van der Waals surface area contributed by atoms with Crippen LogP contribution in [0.3, 0.4) is 0 Å². The van der Waals surface area contributed by atoms with Gasteiger partial charge in [-0.05, 0) is 46.1 Å². The molecule has 14 heavy (non-hydrogen) atoms. The molecule has 2 bridgehead atoms. The standard InChI is InChI=1S/C12H24N2/c1-4-9(2)13-10-7-11-5-6-12(8-10)14(11)3/h9-13H,4-8H2,1-3H3. The Morgan fingerprint density at radius 1 is 1.29 bits per heavy atom. The fourth-order valence-electron chi connectivity index (χ4n) is 3.07. The smallest absolute Gasteiger partial charge is 0.0111 e. The van der Waals surface area contributed by atoms with E-state index in [9.17, 15) is 0 Å². The van der Waals surface area contributed by atoms with Gasteiger partial charge in [0.2, 0.25) is 0 Å². The first-order valence-corrected chi connectivity index (χ1v) is 6.18. The van der Waals surface area contributed by atoms with Crippen LogP contribution in [0.5, 0.6) is 0 Å². The van der Waals surface area contributed by atoms with Crippen LogP contribution >= 0.6 is 0 Å². The van der Waals surface area contributed by atoms with E-state index in [1.807, 2.05) is 0 Å². The Morgan fingerprint density at radius 2 is 1.86 bits per heavy atom. The highest BCUT2D eigenvalue weighted by atomic mass is 15.2. The van der Waals surface area contributed by atoms with Gasteiger partial charge in [-0.25, -0.2) is 0 Å². The normalized spacial score (nSPS) is 40.1. The lowest BCUT2D eigenvalue weighted by Crippen LogP contribution is -2.49. The molecule has 2 heteroatoms. The average Bonchev–Trinajstić information content (AvgIpc) is 2.42. The third-order valence-corrected chi connectivity index (χ3v) is 4.23. The molecule has 0 spiro atoms. The second kappa shape index (κ2) is 4.19. The molecule has 2 rings (SSSR count). The molecular formula is C12H24N2. The average molecular weight is 196 g/mol. The van der Waals surface area contributed by atoms with Crippen LogP contribution < -0.4 is 5.32 Å². The van der Waals surface area contributed by atoms with E-state index in [0.29, 0.717) is 6.04 Å². The fourth-order valence-corrected chi connectivity index (χ4v) is 3.07. The maximum Gasteiger partial charge on any atom is 0.0111 e. The molecule has 0 amide bonds. The molecule has 3 unspecified atom stereocenters. The first kappa shape index (κ1) is 10.4. The van der Waals surface area contributed by atoms with Crippen molar-refractivity contribution < 1.29 is 0 Å². The number of hydrogen-bond acceptors (Lipinski definition) is 2. The van der Waals surface area contributed by atoms with Gasteiger partial charge in [0.05, 0.1) is 0 Å². The van der Waals surface area contributed by atoms with Crippen LogP contribution in [0, 0.1) is 0 Å². The minimum Gasteiger partial charge on any atom is -0.311 e. The van der Waals surface area contributed by atoms with Crippen LogP contribution in [-0.4, -0.2) is 36.1 Å². The molecule has 2 nitrogen and oxygen atoms in total. The third kappa shape index (κ3) is 1.96. The molecular weight excluding hydrogens is 172 g/mol. The van der Waals surface area contributed by atoms with E-state index >= 15 is 0 Å². The van der Waals surface area contributed by atoms with Crippen molar-refractivity contribution in [1.29, 1.82) is 0 Å². The van der Waals surface area contributed by atoms with Gasteiger partial charge in [0, 0.05) is 24.2 Å². The Bertz CT molecular complexity index is 179. The molecule has 0 saturated carbocycles. The van der Waals surface area contributed by atoms with E-state index in [4.69, 9.17) is 0 Å². The molecule has 0 aromatic heterocycles. The van der Waals surface area contributed by atoms with Crippen molar-refractivity contribution in [3.63, 3.8) is 0 Å². The van der Waals surface area contributed by atoms with Gasteiger partial charge in [0.25, 0.3) is 0 Å². The summed E-state index contributed by atoms with van der Waals surface area (Å²) >= 11 is 0. The van der Waals surface area contributed by atoms with Crippen molar-refractivity contribution >= 4 is 0 Å². The lowest BCUT2D eigenvalue weighted by atomic mass is 9.97. The molecule has 82 valence electrons. The third-order valence-electron chi connectivity index (χ3n) is 4.23. The first-order valence-electron chi connectivity index (χ1n) is 6.18. The molecule has 0 radical (unpaired) electrons. The zero-order valence-corrected chi connectivity index (χ0v) is 9.79. The van der Waals surface area contributed by atoms with E-state index in [0.717, 1.165) is 18.1 Å². The summed E-state index contributed by atoms with van der Waals surface area (Å²) in [6, 6.07) is 3.23. The van der Waals surface area contributed by atoms with Gasteiger partial charge in [-0.2, -0.15) is 0 Å². The zero-order chi connectivity index (χ0) is 10.1. The van der Waals surface area contributed by atoms with E-state index in [1.165, 1.54) is 32.1 Å². The lowest BCUT2D eigenvalue weighted by molar-refractivity contribution is 0.144. The van der Waals surface area contributed by atoms with Crippen LogP contribution in [0.25, 0.3) is 0 Å². The SMILES string of the molecule is CCC(C)NC1CC2CCC(C1)N2C. The van der Waals surface area contributed by atoms with Gasteiger partial charge < -0.3 is 10.2 Å². The highest BCUT2D eigenvalue weighted by Crippen LogP contribution is 2.34. The molecule has 2 saturated heterocycles. The molecule has 2 fully saturated rings. The van der Waals surface area contributed by atoms with Gasteiger partial charge >= 0.3 is 0 Å². The molecule has 3 atom stereocenters. The maximum absolute atomic E-state index is 3.76. The summed E-state index contributed by atoms with van der Waals surface area (Å²) in [5, 5.41) is 3.76.